The van der Waals surface area contributed by atoms with Gasteiger partial charge >= 0.3 is 0 Å². The zero-order valence-corrected chi connectivity index (χ0v) is 10.7. The summed E-state index contributed by atoms with van der Waals surface area (Å²) in [4.78, 5) is 4.39. The van der Waals surface area contributed by atoms with Crippen LogP contribution in [0.2, 0.25) is 0 Å². The van der Waals surface area contributed by atoms with Crippen molar-refractivity contribution < 1.29 is 0 Å². The molecule has 0 fully saturated rings. The van der Waals surface area contributed by atoms with Gasteiger partial charge in [0.1, 0.15) is 0 Å². The fraction of sp³-hybridized carbons (Fsp3) is 0.643. The quantitative estimate of drug-likeness (QED) is 0.764. The van der Waals surface area contributed by atoms with Crippen LogP contribution in [0, 0.1) is 5.92 Å². The van der Waals surface area contributed by atoms with Gasteiger partial charge in [-0.1, -0.05) is 26.8 Å². The van der Waals surface area contributed by atoms with E-state index in [0.717, 1.165) is 18.9 Å². The van der Waals surface area contributed by atoms with E-state index in [-0.39, 0.29) is 0 Å². The van der Waals surface area contributed by atoms with Gasteiger partial charge in [0.05, 0.1) is 0 Å². The van der Waals surface area contributed by atoms with E-state index in [0.29, 0.717) is 6.04 Å². The summed E-state index contributed by atoms with van der Waals surface area (Å²) >= 11 is 0. The largest absolute Gasteiger partial charge is 0.314 e. The van der Waals surface area contributed by atoms with Crippen LogP contribution < -0.4 is 5.32 Å². The van der Waals surface area contributed by atoms with Crippen LogP contribution in [-0.4, -0.2) is 17.6 Å². The Morgan fingerprint density at radius 1 is 1.25 bits per heavy atom. The summed E-state index contributed by atoms with van der Waals surface area (Å²) < 4.78 is 0. The third-order valence-corrected chi connectivity index (χ3v) is 2.77. The summed E-state index contributed by atoms with van der Waals surface area (Å²) in [5, 5.41) is 3.55. The highest BCUT2D eigenvalue weighted by Gasteiger charge is 2.09. The lowest BCUT2D eigenvalue weighted by Crippen LogP contribution is -2.31. The Morgan fingerprint density at radius 3 is 2.62 bits per heavy atom. The number of rotatable bonds is 7. The molecule has 0 aliphatic carbocycles. The number of nitrogens with one attached hydrogen (secondary N) is 1. The Kier molecular flexibility index (Phi) is 6.09. The van der Waals surface area contributed by atoms with Gasteiger partial charge in [0.25, 0.3) is 0 Å². The summed E-state index contributed by atoms with van der Waals surface area (Å²) in [6, 6.07) is 6.72. The van der Waals surface area contributed by atoms with E-state index in [4.69, 9.17) is 0 Å². The Morgan fingerprint density at radius 2 is 2.06 bits per heavy atom. The second kappa shape index (κ2) is 7.39. The number of hydrogen-bond donors (Lipinski definition) is 1. The molecule has 0 radical (unpaired) electrons. The molecule has 1 aromatic heterocycles. The van der Waals surface area contributed by atoms with E-state index < -0.39 is 0 Å². The normalized spacial score (nSPS) is 13.0. The summed E-state index contributed by atoms with van der Waals surface area (Å²) in [7, 11) is 0. The van der Waals surface area contributed by atoms with Crippen LogP contribution in [0.3, 0.4) is 0 Å². The molecule has 0 saturated carbocycles. The molecule has 1 heterocycles. The Labute approximate surface area is 99.5 Å². The molecule has 0 aliphatic rings. The molecule has 1 aromatic rings. The standard InChI is InChI=1S/C14H24N2/c1-4-15-14(9-8-12(2)3)11-13-7-5-6-10-16-13/h5-7,10,12,14-15H,4,8-9,11H2,1-3H3. The molecule has 2 nitrogen and oxygen atoms in total. The van der Waals surface area contributed by atoms with Crippen LogP contribution in [0.25, 0.3) is 0 Å². The van der Waals surface area contributed by atoms with Crippen molar-refractivity contribution in [1.29, 1.82) is 0 Å². The second-order valence-corrected chi connectivity index (χ2v) is 4.75. The van der Waals surface area contributed by atoms with Gasteiger partial charge in [-0.2, -0.15) is 0 Å². The predicted octanol–water partition coefficient (Wildman–Crippen LogP) is 3.04. The first kappa shape index (κ1) is 13.2. The van der Waals surface area contributed by atoms with E-state index in [9.17, 15) is 0 Å². The Bertz CT molecular complexity index is 269. The molecule has 16 heavy (non-hydrogen) atoms. The van der Waals surface area contributed by atoms with Crippen LogP contribution >= 0.6 is 0 Å². The highest BCUT2D eigenvalue weighted by Crippen LogP contribution is 2.10. The maximum absolute atomic E-state index is 4.39. The van der Waals surface area contributed by atoms with Gasteiger partial charge in [-0.15, -0.1) is 0 Å². The van der Waals surface area contributed by atoms with Gasteiger partial charge in [0, 0.05) is 24.4 Å². The summed E-state index contributed by atoms with van der Waals surface area (Å²) in [6.45, 7) is 7.77. The Hall–Kier alpha value is -0.890. The van der Waals surface area contributed by atoms with Gasteiger partial charge in [-0.05, 0) is 37.4 Å². The number of pyridine rings is 1. The first-order valence-electron chi connectivity index (χ1n) is 6.35. The fourth-order valence-electron chi connectivity index (χ4n) is 1.87. The summed E-state index contributed by atoms with van der Waals surface area (Å²) in [5.74, 6) is 0.782. The SMILES string of the molecule is CCNC(CCC(C)C)Cc1ccccn1. The molecule has 0 spiro atoms. The maximum Gasteiger partial charge on any atom is 0.0419 e. The molecular weight excluding hydrogens is 196 g/mol. The van der Waals surface area contributed by atoms with Crippen molar-refractivity contribution in [3.63, 3.8) is 0 Å². The third kappa shape index (κ3) is 5.26. The molecular formula is C14H24N2. The number of nitrogens with zero attached hydrogens (tertiary/aromatic N) is 1. The van der Waals surface area contributed by atoms with Crippen molar-refractivity contribution in [2.75, 3.05) is 6.54 Å². The molecule has 0 amide bonds. The molecule has 90 valence electrons. The van der Waals surface area contributed by atoms with E-state index in [2.05, 4.69) is 43.2 Å². The number of hydrogen-bond acceptors (Lipinski definition) is 2. The lowest BCUT2D eigenvalue weighted by Gasteiger charge is -2.18. The average Bonchev–Trinajstić information content (AvgIpc) is 2.27. The van der Waals surface area contributed by atoms with Crippen molar-refractivity contribution in [2.45, 2.75) is 46.1 Å². The second-order valence-electron chi connectivity index (χ2n) is 4.75. The third-order valence-electron chi connectivity index (χ3n) is 2.77. The van der Waals surface area contributed by atoms with Crippen LogP contribution in [-0.2, 0) is 6.42 Å². The molecule has 1 atom stereocenters. The van der Waals surface area contributed by atoms with Gasteiger partial charge in [0.15, 0.2) is 0 Å². The average molecular weight is 220 g/mol. The summed E-state index contributed by atoms with van der Waals surface area (Å²) in [5.41, 5.74) is 1.19. The molecule has 0 saturated heterocycles. The monoisotopic (exact) mass is 220 g/mol. The van der Waals surface area contributed by atoms with Gasteiger partial charge in [-0.3, -0.25) is 4.98 Å². The zero-order valence-electron chi connectivity index (χ0n) is 10.7. The minimum absolute atomic E-state index is 0.572. The Balaban J connectivity index is 2.44. The van der Waals surface area contributed by atoms with Crippen molar-refractivity contribution >= 4 is 0 Å². The van der Waals surface area contributed by atoms with E-state index in [1.165, 1.54) is 18.5 Å². The number of likely N-dealkylation sites (N-methyl/N-ethyl adjacent to an activating group) is 1. The molecule has 0 bridgehead atoms. The van der Waals surface area contributed by atoms with Crippen molar-refractivity contribution in [3.8, 4) is 0 Å². The van der Waals surface area contributed by atoms with Gasteiger partial charge < -0.3 is 5.32 Å². The molecule has 0 aromatic carbocycles. The van der Waals surface area contributed by atoms with Crippen LogP contribution in [0.5, 0.6) is 0 Å². The smallest absolute Gasteiger partial charge is 0.0419 e. The van der Waals surface area contributed by atoms with Gasteiger partial charge in [-0.25, -0.2) is 0 Å². The zero-order chi connectivity index (χ0) is 11.8. The van der Waals surface area contributed by atoms with Crippen LogP contribution in [0.15, 0.2) is 24.4 Å². The topological polar surface area (TPSA) is 24.9 Å². The highest BCUT2D eigenvalue weighted by molar-refractivity contribution is 5.05. The van der Waals surface area contributed by atoms with Crippen molar-refractivity contribution in [1.82, 2.24) is 10.3 Å². The van der Waals surface area contributed by atoms with Crippen LogP contribution in [0.4, 0.5) is 0 Å². The fourth-order valence-corrected chi connectivity index (χ4v) is 1.87. The van der Waals surface area contributed by atoms with E-state index >= 15 is 0 Å². The lowest BCUT2D eigenvalue weighted by atomic mass is 10.00. The maximum atomic E-state index is 4.39. The first-order valence-corrected chi connectivity index (χ1v) is 6.35. The predicted molar refractivity (Wildman–Crippen MR) is 69.5 cm³/mol. The number of aromatic nitrogens is 1. The van der Waals surface area contributed by atoms with Crippen molar-refractivity contribution in [3.05, 3.63) is 30.1 Å². The molecule has 1 rings (SSSR count). The molecule has 2 heteroatoms. The molecule has 0 aliphatic heterocycles. The molecule has 1 unspecified atom stereocenters. The molecule has 1 N–H and O–H groups in total. The minimum atomic E-state index is 0.572. The van der Waals surface area contributed by atoms with Crippen LogP contribution in [0.1, 0.15) is 39.3 Å². The van der Waals surface area contributed by atoms with Crippen molar-refractivity contribution in [2.24, 2.45) is 5.92 Å². The highest BCUT2D eigenvalue weighted by atomic mass is 14.9. The van der Waals surface area contributed by atoms with E-state index in [1.807, 2.05) is 12.3 Å². The van der Waals surface area contributed by atoms with E-state index in [1.54, 1.807) is 0 Å². The minimum Gasteiger partial charge on any atom is -0.314 e. The first-order chi connectivity index (χ1) is 7.72. The lowest BCUT2D eigenvalue weighted by molar-refractivity contribution is 0.432. The van der Waals surface area contributed by atoms with Gasteiger partial charge in [0.2, 0.25) is 0 Å². The summed E-state index contributed by atoms with van der Waals surface area (Å²) in [6.07, 6.45) is 5.44.